The Bertz CT molecular complexity index is 463. The number of carbonyl (C=O) groups excluding carboxylic acids is 1. The van der Waals surface area contributed by atoms with E-state index in [1.54, 1.807) is 7.11 Å². The Hall–Kier alpha value is -1.62. The van der Waals surface area contributed by atoms with Crippen LogP contribution >= 0.6 is 12.2 Å². The van der Waals surface area contributed by atoms with Gasteiger partial charge in [0.25, 0.3) is 0 Å². The molecule has 0 aliphatic carbocycles. The van der Waals surface area contributed by atoms with Crippen molar-refractivity contribution in [3.63, 3.8) is 0 Å². The summed E-state index contributed by atoms with van der Waals surface area (Å²) in [6.07, 6.45) is 2.32. The normalized spacial score (nSPS) is 11.7. The fourth-order valence-corrected chi connectivity index (χ4v) is 2.20. The Morgan fingerprint density at radius 1 is 1.50 bits per heavy atom. The van der Waals surface area contributed by atoms with Gasteiger partial charge in [-0.15, -0.1) is 0 Å². The van der Waals surface area contributed by atoms with Crippen LogP contribution in [0.4, 0.5) is 0 Å². The lowest BCUT2D eigenvalue weighted by molar-refractivity contribution is -0.123. The van der Waals surface area contributed by atoms with Crippen molar-refractivity contribution in [1.82, 2.24) is 5.32 Å². The molecule has 3 N–H and O–H groups in total. The number of methoxy groups -OCH3 is 1. The fourth-order valence-electron chi connectivity index (χ4n) is 1.97. The lowest BCUT2D eigenvalue weighted by Gasteiger charge is -2.14. The zero-order chi connectivity index (χ0) is 15.0. The van der Waals surface area contributed by atoms with Crippen LogP contribution in [0.25, 0.3) is 0 Å². The number of benzene rings is 1. The van der Waals surface area contributed by atoms with Crippen LogP contribution in [-0.2, 0) is 11.2 Å². The molecule has 0 bridgehead atoms. The van der Waals surface area contributed by atoms with E-state index in [1.165, 1.54) is 0 Å². The SMILES string of the molecule is CCCC(C(=O)NCCc1cccc(OC)c1)C(N)=S. The first-order chi connectivity index (χ1) is 9.58. The Balaban J connectivity index is 2.46. The van der Waals surface area contributed by atoms with E-state index in [1.807, 2.05) is 31.2 Å². The standard InChI is InChI=1S/C15H22N2O2S/c1-3-5-13(14(16)20)15(18)17-9-8-11-6-4-7-12(10-11)19-2/h4,6-7,10,13H,3,5,8-9H2,1-2H3,(H2,16,20)(H,17,18). The summed E-state index contributed by atoms with van der Waals surface area (Å²) in [5, 5.41) is 2.89. The fraction of sp³-hybridized carbons (Fsp3) is 0.467. The van der Waals surface area contributed by atoms with Crippen molar-refractivity contribution < 1.29 is 9.53 Å². The van der Waals surface area contributed by atoms with Gasteiger partial charge in [0, 0.05) is 6.54 Å². The Morgan fingerprint density at radius 3 is 2.85 bits per heavy atom. The highest BCUT2D eigenvalue weighted by Crippen LogP contribution is 2.13. The number of nitrogens with two attached hydrogens (primary N) is 1. The number of thiocarbonyl (C=S) groups is 1. The number of hydrogen-bond donors (Lipinski definition) is 2. The van der Waals surface area contributed by atoms with Crippen LogP contribution in [0.3, 0.4) is 0 Å². The molecule has 0 heterocycles. The number of rotatable bonds is 8. The van der Waals surface area contributed by atoms with Gasteiger partial charge in [0.2, 0.25) is 5.91 Å². The second kappa shape index (κ2) is 8.53. The zero-order valence-corrected chi connectivity index (χ0v) is 12.8. The van der Waals surface area contributed by atoms with E-state index in [9.17, 15) is 4.79 Å². The molecule has 0 aliphatic rings. The third-order valence-corrected chi connectivity index (χ3v) is 3.37. The first-order valence-electron chi connectivity index (χ1n) is 6.78. The summed E-state index contributed by atoms with van der Waals surface area (Å²) in [7, 11) is 1.64. The molecule has 1 amide bonds. The lowest BCUT2D eigenvalue weighted by atomic mass is 10.0. The van der Waals surface area contributed by atoms with Crippen molar-refractivity contribution in [1.29, 1.82) is 0 Å². The van der Waals surface area contributed by atoms with Crippen LogP contribution in [0.2, 0.25) is 0 Å². The summed E-state index contributed by atoms with van der Waals surface area (Å²) in [5.41, 5.74) is 6.72. The highest BCUT2D eigenvalue weighted by molar-refractivity contribution is 7.80. The van der Waals surface area contributed by atoms with E-state index < -0.39 is 0 Å². The second-order valence-electron chi connectivity index (χ2n) is 4.64. The third kappa shape index (κ3) is 5.17. The first kappa shape index (κ1) is 16.4. The van der Waals surface area contributed by atoms with Gasteiger partial charge in [-0.2, -0.15) is 0 Å². The maximum atomic E-state index is 12.0. The number of nitrogens with one attached hydrogen (secondary N) is 1. The van der Waals surface area contributed by atoms with Crippen molar-refractivity contribution in [2.75, 3.05) is 13.7 Å². The molecule has 1 aromatic rings. The largest absolute Gasteiger partial charge is 0.497 e. The van der Waals surface area contributed by atoms with E-state index in [4.69, 9.17) is 22.7 Å². The molecular weight excluding hydrogens is 272 g/mol. The highest BCUT2D eigenvalue weighted by Gasteiger charge is 2.19. The van der Waals surface area contributed by atoms with Gasteiger partial charge in [0.05, 0.1) is 18.0 Å². The number of carbonyl (C=O) groups is 1. The quantitative estimate of drug-likeness (QED) is 0.720. The lowest BCUT2D eigenvalue weighted by Crippen LogP contribution is -2.38. The van der Waals surface area contributed by atoms with Gasteiger partial charge in [-0.05, 0) is 30.5 Å². The number of hydrogen-bond acceptors (Lipinski definition) is 3. The molecule has 1 rings (SSSR count). The van der Waals surface area contributed by atoms with Crippen molar-refractivity contribution in [3.05, 3.63) is 29.8 Å². The summed E-state index contributed by atoms with van der Waals surface area (Å²) in [5.74, 6) is 0.378. The van der Waals surface area contributed by atoms with E-state index in [-0.39, 0.29) is 16.8 Å². The molecule has 1 atom stereocenters. The molecule has 110 valence electrons. The van der Waals surface area contributed by atoms with Crippen LogP contribution in [0, 0.1) is 5.92 Å². The molecule has 0 saturated heterocycles. The molecule has 1 unspecified atom stereocenters. The smallest absolute Gasteiger partial charge is 0.229 e. The van der Waals surface area contributed by atoms with Crippen molar-refractivity contribution in [2.45, 2.75) is 26.2 Å². The predicted octanol–water partition coefficient (Wildman–Crippen LogP) is 2.06. The monoisotopic (exact) mass is 294 g/mol. The highest BCUT2D eigenvalue weighted by atomic mass is 32.1. The summed E-state index contributed by atoms with van der Waals surface area (Å²) in [4.78, 5) is 12.3. The molecular formula is C15H22N2O2S. The van der Waals surface area contributed by atoms with Crippen LogP contribution in [0.5, 0.6) is 5.75 Å². The summed E-state index contributed by atoms with van der Waals surface area (Å²) < 4.78 is 5.16. The Labute approximate surface area is 125 Å². The van der Waals surface area contributed by atoms with Crippen LogP contribution < -0.4 is 15.8 Å². The van der Waals surface area contributed by atoms with Gasteiger partial charge in [-0.25, -0.2) is 0 Å². The molecule has 0 aliphatic heterocycles. The maximum Gasteiger partial charge on any atom is 0.229 e. The summed E-state index contributed by atoms with van der Waals surface area (Å²) in [6, 6.07) is 7.80. The zero-order valence-electron chi connectivity index (χ0n) is 12.0. The average molecular weight is 294 g/mol. The molecule has 0 saturated carbocycles. The molecule has 0 fully saturated rings. The van der Waals surface area contributed by atoms with Gasteiger partial charge < -0.3 is 15.8 Å². The van der Waals surface area contributed by atoms with E-state index in [2.05, 4.69) is 5.32 Å². The van der Waals surface area contributed by atoms with Crippen LogP contribution in [0.1, 0.15) is 25.3 Å². The van der Waals surface area contributed by atoms with Gasteiger partial charge in [0.15, 0.2) is 0 Å². The van der Waals surface area contributed by atoms with E-state index in [0.29, 0.717) is 13.0 Å². The minimum Gasteiger partial charge on any atom is -0.497 e. The molecule has 4 nitrogen and oxygen atoms in total. The Morgan fingerprint density at radius 2 is 2.25 bits per heavy atom. The maximum absolute atomic E-state index is 12.0. The Kier molecular flexibility index (Phi) is 7.01. The third-order valence-electron chi connectivity index (χ3n) is 3.08. The van der Waals surface area contributed by atoms with Crippen LogP contribution in [0.15, 0.2) is 24.3 Å². The molecule has 0 aromatic heterocycles. The summed E-state index contributed by atoms with van der Waals surface area (Å²) in [6.45, 7) is 2.57. The average Bonchev–Trinajstić information content (AvgIpc) is 2.44. The topological polar surface area (TPSA) is 64.3 Å². The van der Waals surface area contributed by atoms with Gasteiger partial charge in [0.1, 0.15) is 5.75 Å². The molecule has 20 heavy (non-hydrogen) atoms. The first-order valence-corrected chi connectivity index (χ1v) is 7.19. The minimum atomic E-state index is -0.361. The molecule has 1 aromatic carbocycles. The second-order valence-corrected chi connectivity index (χ2v) is 5.11. The molecule has 0 spiro atoms. The minimum absolute atomic E-state index is 0.0813. The van der Waals surface area contributed by atoms with Gasteiger partial charge in [-0.1, -0.05) is 37.7 Å². The van der Waals surface area contributed by atoms with Gasteiger partial charge >= 0.3 is 0 Å². The number of amides is 1. The van der Waals surface area contributed by atoms with Crippen molar-refractivity contribution >= 4 is 23.1 Å². The number of ether oxygens (including phenoxy) is 1. The van der Waals surface area contributed by atoms with Crippen molar-refractivity contribution in [3.8, 4) is 5.75 Å². The van der Waals surface area contributed by atoms with E-state index in [0.717, 1.165) is 24.2 Å². The van der Waals surface area contributed by atoms with Crippen LogP contribution in [-0.4, -0.2) is 24.6 Å². The predicted molar refractivity (Wildman–Crippen MR) is 84.9 cm³/mol. The molecule has 0 radical (unpaired) electrons. The van der Waals surface area contributed by atoms with E-state index >= 15 is 0 Å². The van der Waals surface area contributed by atoms with Crippen molar-refractivity contribution in [2.24, 2.45) is 11.7 Å². The molecule has 5 heteroatoms. The van der Waals surface area contributed by atoms with Gasteiger partial charge in [-0.3, -0.25) is 4.79 Å². The summed E-state index contributed by atoms with van der Waals surface area (Å²) >= 11 is 4.94.